The van der Waals surface area contributed by atoms with Crippen LogP contribution in [0.25, 0.3) is 0 Å². The summed E-state index contributed by atoms with van der Waals surface area (Å²) in [6.45, 7) is 4.74. The van der Waals surface area contributed by atoms with Crippen molar-refractivity contribution in [1.29, 1.82) is 0 Å². The van der Waals surface area contributed by atoms with Crippen LogP contribution >= 0.6 is 0 Å². The average molecular weight is 343 g/mol. The van der Waals surface area contributed by atoms with Gasteiger partial charge in [-0.05, 0) is 50.2 Å². The highest BCUT2D eigenvalue weighted by molar-refractivity contribution is 5.91. The third kappa shape index (κ3) is 4.60. The normalized spacial score (nSPS) is 24.8. The number of benzene rings is 1. The van der Waals surface area contributed by atoms with E-state index in [1.54, 1.807) is 11.8 Å². The fourth-order valence-electron chi connectivity index (χ4n) is 4.24. The zero-order valence-electron chi connectivity index (χ0n) is 15.3. The van der Waals surface area contributed by atoms with Gasteiger partial charge in [-0.3, -0.25) is 9.59 Å². The minimum absolute atomic E-state index is 0.0498. The van der Waals surface area contributed by atoms with Crippen molar-refractivity contribution in [2.45, 2.75) is 64.6 Å². The largest absolute Gasteiger partial charge is 0.339 e. The van der Waals surface area contributed by atoms with Crippen molar-refractivity contribution < 1.29 is 9.59 Å². The molecule has 3 rings (SSSR count). The third-order valence-electron chi connectivity index (χ3n) is 5.52. The highest BCUT2D eigenvalue weighted by Crippen LogP contribution is 2.33. The van der Waals surface area contributed by atoms with Gasteiger partial charge in [0.05, 0.1) is 0 Å². The number of nitrogens with one attached hydrogen (secondary N) is 2. The molecule has 1 unspecified atom stereocenters. The third-order valence-corrected chi connectivity index (χ3v) is 5.52. The minimum Gasteiger partial charge on any atom is -0.339 e. The summed E-state index contributed by atoms with van der Waals surface area (Å²) in [5, 5.41) is 6.70. The number of amides is 2. The first kappa shape index (κ1) is 17.9. The Morgan fingerprint density at radius 2 is 1.88 bits per heavy atom. The fraction of sp³-hybridized carbons (Fsp3) is 0.600. The maximum atomic E-state index is 12.5. The van der Waals surface area contributed by atoms with Gasteiger partial charge in [-0.1, -0.05) is 18.2 Å². The van der Waals surface area contributed by atoms with Crippen LogP contribution in [0.15, 0.2) is 24.3 Å². The van der Waals surface area contributed by atoms with Crippen molar-refractivity contribution in [1.82, 2.24) is 10.2 Å². The molecule has 5 nitrogen and oxygen atoms in total. The van der Waals surface area contributed by atoms with Gasteiger partial charge in [0.15, 0.2) is 0 Å². The number of hydrogen-bond acceptors (Lipinski definition) is 3. The van der Waals surface area contributed by atoms with Crippen LogP contribution in [0.1, 0.15) is 51.5 Å². The van der Waals surface area contributed by atoms with Gasteiger partial charge in [0.1, 0.15) is 0 Å². The molecule has 2 bridgehead atoms. The summed E-state index contributed by atoms with van der Waals surface area (Å²) in [5.74, 6) is 0.619. The predicted octanol–water partition coefficient (Wildman–Crippen LogP) is 2.91. The molecule has 136 valence electrons. The van der Waals surface area contributed by atoms with Gasteiger partial charge in [-0.15, -0.1) is 0 Å². The van der Waals surface area contributed by atoms with Crippen molar-refractivity contribution in [3.05, 3.63) is 29.8 Å². The smallest absolute Gasteiger partial charge is 0.224 e. The van der Waals surface area contributed by atoms with Crippen molar-refractivity contribution >= 4 is 17.5 Å². The van der Waals surface area contributed by atoms with E-state index in [-0.39, 0.29) is 11.8 Å². The molecule has 2 aliphatic heterocycles. The summed E-state index contributed by atoms with van der Waals surface area (Å²) >= 11 is 0. The Kier molecular flexibility index (Phi) is 5.74. The molecule has 2 N–H and O–H groups in total. The zero-order valence-corrected chi connectivity index (χ0v) is 15.3. The lowest BCUT2D eigenvalue weighted by Crippen LogP contribution is -2.39. The van der Waals surface area contributed by atoms with Gasteiger partial charge >= 0.3 is 0 Å². The second-order valence-electron chi connectivity index (χ2n) is 7.42. The molecule has 0 aliphatic carbocycles. The molecule has 0 radical (unpaired) electrons. The van der Waals surface area contributed by atoms with Crippen LogP contribution in [0.3, 0.4) is 0 Å². The van der Waals surface area contributed by atoms with Crippen LogP contribution in [0.2, 0.25) is 0 Å². The summed E-state index contributed by atoms with van der Waals surface area (Å²) in [6.07, 6.45) is 5.32. The Morgan fingerprint density at radius 1 is 1.20 bits per heavy atom. The van der Waals surface area contributed by atoms with Crippen molar-refractivity contribution in [2.24, 2.45) is 5.92 Å². The summed E-state index contributed by atoms with van der Waals surface area (Å²) < 4.78 is 0. The molecule has 0 saturated carbocycles. The van der Waals surface area contributed by atoms with Gasteiger partial charge in [0, 0.05) is 44.2 Å². The molecule has 2 saturated heterocycles. The standard InChI is InChI=1S/C20H29N3O2/c1-3-23(14(2)24)13-16-6-4-5-7-19(16)22-20(25)12-15-10-17-8-9-18(11-15)21-17/h4-7,15,17-18,21H,3,8-13H2,1-2H3,(H,22,25)/t15?,17-,18+. The number of para-hydroxylation sites is 1. The van der Waals surface area contributed by atoms with E-state index in [1.165, 1.54) is 12.8 Å². The Balaban J connectivity index is 1.60. The van der Waals surface area contributed by atoms with Crippen molar-refractivity contribution in [2.75, 3.05) is 11.9 Å². The van der Waals surface area contributed by atoms with Gasteiger partial charge in [-0.2, -0.15) is 0 Å². The molecular weight excluding hydrogens is 314 g/mol. The lowest BCUT2D eigenvalue weighted by atomic mass is 9.89. The number of rotatable bonds is 6. The van der Waals surface area contributed by atoms with Gasteiger partial charge in [0.2, 0.25) is 11.8 Å². The van der Waals surface area contributed by atoms with E-state index in [9.17, 15) is 9.59 Å². The molecular formula is C20H29N3O2. The molecule has 2 heterocycles. The van der Waals surface area contributed by atoms with E-state index < -0.39 is 0 Å². The van der Waals surface area contributed by atoms with Crippen LogP contribution in [0, 0.1) is 5.92 Å². The van der Waals surface area contributed by atoms with Gasteiger partial charge < -0.3 is 15.5 Å². The van der Waals surface area contributed by atoms with E-state index in [0.717, 1.165) is 24.1 Å². The van der Waals surface area contributed by atoms with Crippen LogP contribution < -0.4 is 10.6 Å². The monoisotopic (exact) mass is 343 g/mol. The van der Waals surface area contributed by atoms with E-state index in [4.69, 9.17) is 0 Å². The number of fused-ring (bicyclic) bond motifs is 2. The summed E-state index contributed by atoms with van der Waals surface area (Å²) in [6, 6.07) is 8.99. The molecule has 1 aromatic rings. The van der Waals surface area contributed by atoms with E-state index in [2.05, 4.69) is 10.6 Å². The molecule has 0 aromatic heterocycles. The van der Waals surface area contributed by atoms with E-state index in [0.29, 0.717) is 37.5 Å². The highest BCUT2D eigenvalue weighted by Gasteiger charge is 2.34. The first-order valence-electron chi connectivity index (χ1n) is 9.44. The number of nitrogens with zero attached hydrogens (tertiary/aromatic N) is 1. The molecule has 2 amide bonds. The van der Waals surface area contributed by atoms with Gasteiger partial charge in [-0.25, -0.2) is 0 Å². The predicted molar refractivity (Wildman–Crippen MR) is 99.1 cm³/mol. The van der Waals surface area contributed by atoms with Crippen LogP contribution in [0.4, 0.5) is 5.69 Å². The number of carbonyl (C=O) groups excluding carboxylic acids is 2. The van der Waals surface area contributed by atoms with Gasteiger partial charge in [0.25, 0.3) is 0 Å². The molecule has 3 atom stereocenters. The molecule has 25 heavy (non-hydrogen) atoms. The van der Waals surface area contributed by atoms with Crippen LogP contribution in [-0.4, -0.2) is 35.3 Å². The second kappa shape index (κ2) is 8.00. The number of anilines is 1. The lowest BCUT2D eigenvalue weighted by Gasteiger charge is -2.28. The Labute approximate surface area is 150 Å². The molecule has 1 aromatic carbocycles. The van der Waals surface area contributed by atoms with E-state index in [1.807, 2.05) is 31.2 Å². The zero-order chi connectivity index (χ0) is 17.8. The maximum absolute atomic E-state index is 12.5. The van der Waals surface area contributed by atoms with Crippen molar-refractivity contribution in [3.8, 4) is 0 Å². The second-order valence-corrected chi connectivity index (χ2v) is 7.42. The number of hydrogen-bond donors (Lipinski definition) is 2. The molecule has 5 heteroatoms. The highest BCUT2D eigenvalue weighted by atomic mass is 16.2. The summed E-state index contributed by atoms with van der Waals surface area (Å²) in [5.41, 5.74) is 1.81. The quantitative estimate of drug-likeness (QED) is 0.835. The first-order valence-corrected chi connectivity index (χ1v) is 9.44. The maximum Gasteiger partial charge on any atom is 0.224 e. The lowest BCUT2D eigenvalue weighted by molar-refractivity contribution is -0.129. The number of carbonyl (C=O) groups is 2. The van der Waals surface area contributed by atoms with E-state index >= 15 is 0 Å². The molecule has 2 aliphatic rings. The van der Waals surface area contributed by atoms with Crippen LogP contribution in [0.5, 0.6) is 0 Å². The molecule has 2 fully saturated rings. The molecule has 0 spiro atoms. The number of piperidine rings is 1. The topological polar surface area (TPSA) is 61.4 Å². The summed E-state index contributed by atoms with van der Waals surface area (Å²) in [7, 11) is 0. The Bertz CT molecular complexity index is 619. The minimum atomic E-state index is 0.0498. The SMILES string of the molecule is CCN(Cc1ccccc1NC(=O)CC1C[C@H]2CC[C@@H](C1)N2)C(C)=O. The van der Waals surface area contributed by atoms with Crippen molar-refractivity contribution in [3.63, 3.8) is 0 Å². The Morgan fingerprint density at radius 3 is 2.52 bits per heavy atom. The van der Waals surface area contributed by atoms with Crippen LogP contribution in [-0.2, 0) is 16.1 Å². The summed E-state index contributed by atoms with van der Waals surface area (Å²) in [4.78, 5) is 26.0. The fourth-order valence-corrected chi connectivity index (χ4v) is 4.24. The Hall–Kier alpha value is -1.88. The first-order chi connectivity index (χ1) is 12.0. The average Bonchev–Trinajstić information content (AvgIpc) is 2.92.